The van der Waals surface area contributed by atoms with Gasteiger partial charge in [-0.3, -0.25) is 9.69 Å². The Morgan fingerprint density at radius 3 is 2.96 bits per heavy atom. The molecule has 0 aromatic carbocycles. The predicted octanol–water partition coefficient (Wildman–Crippen LogP) is 1.84. The van der Waals surface area contributed by atoms with E-state index in [1.54, 1.807) is 18.4 Å². The minimum Gasteiger partial charge on any atom is -0.389 e. The summed E-state index contributed by atoms with van der Waals surface area (Å²) in [6.07, 6.45) is 6.19. The molecule has 2 aliphatic rings. The molecule has 2 aromatic heterocycles. The average molecular weight is 363 g/mol. The second-order valence-corrected chi connectivity index (χ2v) is 8.26. The largest absolute Gasteiger partial charge is 0.389 e. The standard InChI is InChI=1S/C18H25N3O3S/c1-24-10-12(22)8-21(11-6-7-11)9-15-19-17(23)16-13-4-2-3-5-14(13)25-18(16)20-15/h11-12,22H,2-10H2,1H3,(H,19,20,23)/t12-/m0/s1. The Bertz CT molecular complexity index is 812. The van der Waals surface area contributed by atoms with Gasteiger partial charge >= 0.3 is 0 Å². The van der Waals surface area contributed by atoms with Crippen LogP contribution in [-0.2, 0) is 24.1 Å². The van der Waals surface area contributed by atoms with Crippen LogP contribution in [0.25, 0.3) is 10.2 Å². The number of H-pyrrole nitrogens is 1. The molecule has 25 heavy (non-hydrogen) atoms. The van der Waals surface area contributed by atoms with Gasteiger partial charge in [-0.1, -0.05) is 0 Å². The maximum Gasteiger partial charge on any atom is 0.259 e. The van der Waals surface area contributed by atoms with Crippen molar-refractivity contribution in [2.24, 2.45) is 0 Å². The summed E-state index contributed by atoms with van der Waals surface area (Å²) in [6.45, 7) is 1.43. The fourth-order valence-electron chi connectivity index (χ4n) is 3.77. The van der Waals surface area contributed by atoms with Gasteiger partial charge in [-0.15, -0.1) is 11.3 Å². The molecule has 0 spiro atoms. The Morgan fingerprint density at radius 2 is 2.20 bits per heavy atom. The zero-order valence-corrected chi connectivity index (χ0v) is 15.4. The van der Waals surface area contributed by atoms with Gasteiger partial charge in [0, 0.05) is 24.6 Å². The number of hydrogen-bond acceptors (Lipinski definition) is 6. The highest BCUT2D eigenvalue weighted by molar-refractivity contribution is 7.18. The molecule has 0 unspecified atom stereocenters. The van der Waals surface area contributed by atoms with E-state index in [0.29, 0.717) is 31.6 Å². The second kappa shape index (κ2) is 7.15. The first-order valence-electron chi connectivity index (χ1n) is 9.10. The van der Waals surface area contributed by atoms with E-state index in [1.165, 1.54) is 16.9 Å². The Hall–Kier alpha value is -1.28. The van der Waals surface area contributed by atoms with Gasteiger partial charge in [0.2, 0.25) is 0 Å². The molecule has 4 rings (SSSR count). The number of aryl methyl sites for hydroxylation is 2. The molecular weight excluding hydrogens is 338 g/mol. The third-order valence-electron chi connectivity index (χ3n) is 5.09. The molecule has 2 N–H and O–H groups in total. The zero-order chi connectivity index (χ0) is 17.4. The highest BCUT2D eigenvalue weighted by Crippen LogP contribution is 2.34. The number of aliphatic hydroxyl groups excluding tert-OH is 1. The molecule has 0 radical (unpaired) electrons. The van der Waals surface area contributed by atoms with Crippen LogP contribution < -0.4 is 5.56 Å². The monoisotopic (exact) mass is 363 g/mol. The summed E-state index contributed by atoms with van der Waals surface area (Å²) in [4.78, 5) is 24.8. The van der Waals surface area contributed by atoms with Crippen LogP contribution in [0.15, 0.2) is 4.79 Å². The minimum atomic E-state index is -0.518. The fourth-order valence-corrected chi connectivity index (χ4v) is 5.05. The topological polar surface area (TPSA) is 78.5 Å². The average Bonchev–Trinajstić information content (AvgIpc) is 3.35. The lowest BCUT2D eigenvalue weighted by atomic mass is 9.97. The van der Waals surface area contributed by atoms with Crippen molar-refractivity contribution in [1.29, 1.82) is 0 Å². The van der Waals surface area contributed by atoms with E-state index in [4.69, 9.17) is 9.72 Å². The van der Waals surface area contributed by atoms with Crippen LogP contribution in [-0.4, -0.2) is 52.4 Å². The summed E-state index contributed by atoms with van der Waals surface area (Å²) < 4.78 is 5.03. The van der Waals surface area contributed by atoms with Gasteiger partial charge in [0.15, 0.2) is 0 Å². The molecule has 2 heterocycles. The molecule has 7 heteroatoms. The summed E-state index contributed by atoms with van der Waals surface area (Å²) >= 11 is 1.68. The molecule has 136 valence electrons. The number of fused-ring (bicyclic) bond motifs is 3. The van der Waals surface area contributed by atoms with Crippen molar-refractivity contribution < 1.29 is 9.84 Å². The molecule has 2 aromatic rings. The number of ether oxygens (including phenoxy) is 1. The van der Waals surface area contributed by atoms with Gasteiger partial charge in [0.25, 0.3) is 5.56 Å². The van der Waals surface area contributed by atoms with Gasteiger partial charge in [-0.25, -0.2) is 4.98 Å². The molecule has 0 aliphatic heterocycles. The maximum atomic E-state index is 12.6. The molecule has 6 nitrogen and oxygen atoms in total. The van der Waals surface area contributed by atoms with Crippen LogP contribution in [0.2, 0.25) is 0 Å². The van der Waals surface area contributed by atoms with Crippen LogP contribution in [0, 0.1) is 0 Å². The molecule has 1 saturated carbocycles. The number of thiophene rings is 1. The quantitative estimate of drug-likeness (QED) is 0.785. The number of aromatic amines is 1. The van der Waals surface area contributed by atoms with Crippen molar-refractivity contribution in [1.82, 2.24) is 14.9 Å². The van der Waals surface area contributed by atoms with E-state index in [0.717, 1.165) is 42.3 Å². The molecule has 2 aliphatic carbocycles. The molecule has 0 saturated heterocycles. The number of rotatable bonds is 7. The van der Waals surface area contributed by atoms with E-state index in [1.807, 2.05) is 0 Å². The molecule has 0 bridgehead atoms. The molecule has 1 atom stereocenters. The SMILES string of the molecule is COC[C@@H](O)CN(Cc1nc2sc3c(c2c(=O)[nH]1)CCCC3)C1CC1. The lowest BCUT2D eigenvalue weighted by Gasteiger charge is -2.24. The van der Waals surface area contributed by atoms with Crippen LogP contribution in [0.1, 0.15) is 41.9 Å². The van der Waals surface area contributed by atoms with Crippen LogP contribution in [0.4, 0.5) is 0 Å². The Morgan fingerprint density at radius 1 is 1.40 bits per heavy atom. The predicted molar refractivity (Wildman–Crippen MR) is 98.2 cm³/mol. The van der Waals surface area contributed by atoms with Gasteiger partial charge in [0.1, 0.15) is 10.7 Å². The fraction of sp³-hybridized carbons (Fsp3) is 0.667. The number of nitrogens with zero attached hydrogens (tertiary/aromatic N) is 2. The highest BCUT2D eigenvalue weighted by atomic mass is 32.1. The first-order valence-corrected chi connectivity index (χ1v) is 9.92. The van der Waals surface area contributed by atoms with E-state index in [2.05, 4.69) is 9.88 Å². The van der Waals surface area contributed by atoms with Crippen LogP contribution in [0.3, 0.4) is 0 Å². The van der Waals surface area contributed by atoms with Gasteiger partial charge in [-0.05, 0) is 44.1 Å². The van der Waals surface area contributed by atoms with Gasteiger partial charge < -0.3 is 14.8 Å². The first kappa shape index (κ1) is 17.1. The highest BCUT2D eigenvalue weighted by Gasteiger charge is 2.31. The summed E-state index contributed by atoms with van der Waals surface area (Å²) in [6, 6.07) is 0.476. The van der Waals surface area contributed by atoms with Crippen LogP contribution >= 0.6 is 11.3 Å². The van der Waals surface area contributed by atoms with Crippen molar-refractivity contribution in [2.45, 2.75) is 57.2 Å². The number of nitrogens with one attached hydrogen (secondary N) is 1. The van der Waals surface area contributed by atoms with Gasteiger partial charge in [-0.2, -0.15) is 0 Å². The first-order chi connectivity index (χ1) is 12.2. The summed E-state index contributed by atoms with van der Waals surface area (Å²) in [5.41, 5.74) is 1.22. The maximum absolute atomic E-state index is 12.6. The second-order valence-electron chi connectivity index (χ2n) is 7.17. The Labute approximate surface area is 150 Å². The van der Waals surface area contributed by atoms with E-state index < -0.39 is 6.10 Å². The Balaban J connectivity index is 1.59. The zero-order valence-electron chi connectivity index (χ0n) is 14.6. The smallest absolute Gasteiger partial charge is 0.259 e. The number of aliphatic hydroxyl groups is 1. The van der Waals surface area contributed by atoms with Crippen molar-refractivity contribution in [3.8, 4) is 0 Å². The van der Waals surface area contributed by atoms with E-state index >= 15 is 0 Å². The summed E-state index contributed by atoms with van der Waals surface area (Å²) in [5.74, 6) is 0.701. The third kappa shape index (κ3) is 3.65. The summed E-state index contributed by atoms with van der Waals surface area (Å²) in [7, 11) is 1.59. The third-order valence-corrected chi connectivity index (χ3v) is 6.28. The number of hydrogen-bond donors (Lipinski definition) is 2. The lowest BCUT2D eigenvalue weighted by molar-refractivity contribution is 0.0331. The lowest BCUT2D eigenvalue weighted by Crippen LogP contribution is -2.36. The minimum absolute atomic E-state index is 0.00686. The van der Waals surface area contributed by atoms with Crippen LogP contribution in [0.5, 0.6) is 0 Å². The Kier molecular flexibility index (Phi) is 4.90. The van der Waals surface area contributed by atoms with Crippen molar-refractivity contribution in [3.05, 3.63) is 26.6 Å². The van der Waals surface area contributed by atoms with Crippen molar-refractivity contribution in [3.63, 3.8) is 0 Å². The van der Waals surface area contributed by atoms with E-state index in [9.17, 15) is 9.90 Å². The van der Waals surface area contributed by atoms with Gasteiger partial charge in [0.05, 0.1) is 24.6 Å². The summed E-state index contributed by atoms with van der Waals surface area (Å²) in [5, 5.41) is 10.9. The number of methoxy groups -OCH3 is 1. The number of aromatic nitrogens is 2. The normalized spacial score (nSPS) is 18.7. The molecular formula is C18H25N3O3S. The molecule has 0 amide bonds. The van der Waals surface area contributed by atoms with Crippen molar-refractivity contribution >= 4 is 21.6 Å². The molecule has 1 fully saturated rings. The van der Waals surface area contributed by atoms with Crippen molar-refractivity contribution in [2.75, 3.05) is 20.3 Å². The van der Waals surface area contributed by atoms with E-state index in [-0.39, 0.29) is 5.56 Å².